The van der Waals surface area contributed by atoms with Crippen LogP contribution in [0.25, 0.3) is 0 Å². The Balaban J connectivity index is 2.11. The molecule has 0 aromatic heterocycles. The lowest BCUT2D eigenvalue weighted by Gasteiger charge is -2.16. The number of rotatable bonds is 6. The topological polar surface area (TPSA) is 69.4 Å². The van der Waals surface area contributed by atoms with Crippen molar-refractivity contribution < 1.29 is 13.2 Å². The molecule has 1 saturated carbocycles. The summed E-state index contributed by atoms with van der Waals surface area (Å²) in [5.74, 6) is -0.313. The average molecular weight is 390 g/mol. The van der Waals surface area contributed by atoms with Crippen LogP contribution >= 0.6 is 12.2 Å². The average Bonchev–Trinajstić information content (AvgIpc) is 3.27. The Labute approximate surface area is 160 Å². The van der Waals surface area contributed by atoms with Crippen LogP contribution in [0.4, 0.5) is 0 Å². The molecule has 0 unspecified atom stereocenters. The largest absolute Gasteiger partial charge is 0.393 e. The Bertz CT molecular complexity index is 921. The highest BCUT2D eigenvalue weighted by atomic mass is 32.2. The van der Waals surface area contributed by atoms with E-state index in [0.717, 1.165) is 16.7 Å². The highest BCUT2D eigenvalue weighted by Crippen LogP contribution is 2.64. The van der Waals surface area contributed by atoms with Crippen LogP contribution in [0.15, 0.2) is 53.4 Å². The van der Waals surface area contributed by atoms with Crippen molar-refractivity contribution in [3.05, 3.63) is 65.2 Å². The molecule has 0 spiro atoms. The normalized spacial score (nSPS) is 25.0. The second-order valence-corrected chi connectivity index (χ2v) is 9.51. The van der Waals surface area contributed by atoms with Crippen LogP contribution in [0, 0.1) is 19.3 Å². The van der Waals surface area contributed by atoms with Crippen molar-refractivity contribution in [2.24, 2.45) is 11.1 Å². The lowest BCUT2D eigenvalue weighted by atomic mass is 9.99. The highest BCUT2D eigenvalue weighted by Gasteiger charge is 2.73. The van der Waals surface area contributed by atoms with Crippen molar-refractivity contribution in [1.82, 2.24) is 0 Å². The van der Waals surface area contributed by atoms with Crippen molar-refractivity contribution in [2.75, 3.05) is 13.7 Å². The van der Waals surface area contributed by atoms with Crippen molar-refractivity contribution in [1.29, 1.82) is 0 Å². The summed E-state index contributed by atoms with van der Waals surface area (Å²) in [5, 5.41) is -0.724. The van der Waals surface area contributed by atoms with Gasteiger partial charge in [0.1, 0.15) is 0 Å². The maximum Gasteiger partial charge on any atom is 0.182 e. The van der Waals surface area contributed by atoms with Crippen LogP contribution in [0.5, 0.6) is 0 Å². The van der Waals surface area contributed by atoms with Gasteiger partial charge in [0, 0.05) is 13.0 Å². The zero-order chi connectivity index (χ0) is 19.1. The minimum Gasteiger partial charge on any atom is -0.393 e. The van der Waals surface area contributed by atoms with Crippen LogP contribution in [-0.2, 0) is 14.6 Å². The molecule has 1 aliphatic rings. The van der Waals surface area contributed by atoms with Gasteiger partial charge >= 0.3 is 0 Å². The number of hydrogen-bond donors (Lipinski definition) is 1. The molecule has 2 aromatic carbocycles. The first-order valence-electron chi connectivity index (χ1n) is 8.41. The van der Waals surface area contributed by atoms with Crippen molar-refractivity contribution in [3.63, 3.8) is 0 Å². The maximum absolute atomic E-state index is 13.4. The van der Waals surface area contributed by atoms with Crippen molar-refractivity contribution in [3.8, 4) is 0 Å². The third-order valence-electron chi connectivity index (χ3n) is 5.22. The molecule has 1 aliphatic carbocycles. The van der Waals surface area contributed by atoms with E-state index in [-0.39, 0.29) is 17.5 Å². The molecule has 0 saturated heterocycles. The van der Waals surface area contributed by atoms with E-state index in [1.54, 1.807) is 31.4 Å². The number of aryl methyl sites for hydroxylation is 2. The summed E-state index contributed by atoms with van der Waals surface area (Å²) in [4.78, 5) is 0.477. The molecule has 138 valence electrons. The fraction of sp³-hybridized carbons (Fsp3) is 0.350. The van der Waals surface area contributed by atoms with Gasteiger partial charge in [-0.1, -0.05) is 59.7 Å². The third kappa shape index (κ3) is 2.96. The maximum atomic E-state index is 13.4. The molecule has 1 fully saturated rings. The van der Waals surface area contributed by atoms with Crippen LogP contribution in [0.1, 0.15) is 22.6 Å². The predicted octanol–water partition coefficient (Wildman–Crippen LogP) is 3.16. The zero-order valence-electron chi connectivity index (χ0n) is 15.1. The first-order valence-corrected chi connectivity index (χ1v) is 10.4. The summed E-state index contributed by atoms with van der Waals surface area (Å²) in [6, 6.07) is 14.7. The lowest BCUT2D eigenvalue weighted by molar-refractivity contribution is 0.166. The van der Waals surface area contributed by atoms with Gasteiger partial charge in [-0.05, 0) is 31.5 Å². The Morgan fingerprint density at radius 3 is 2.04 bits per heavy atom. The van der Waals surface area contributed by atoms with E-state index in [0.29, 0.717) is 4.90 Å². The Hall–Kier alpha value is -1.76. The summed E-state index contributed by atoms with van der Waals surface area (Å²) >= 11 is 5.31. The van der Waals surface area contributed by atoms with E-state index in [1.165, 1.54) is 0 Å². The molecule has 4 nitrogen and oxygen atoms in total. The smallest absolute Gasteiger partial charge is 0.182 e. The minimum absolute atomic E-state index is 0.177. The monoisotopic (exact) mass is 389 g/mol. The van der Waals surface area contributed by atoms with Gasteiger partial charge in [0.25, 0.3) is 0 Å². The quantitative estimate of drug-likeness (QED) is 0.769. The standard InChI is InChI=1S/C20H23NO3S2/c1-13-4-8-15(9-5-13)17-18(20(17,12-24-3)19(21)25)26(22,23)16-10-6-14(2)7-11-16/h4-11,17-18H,12H2,1-3H3,(H2,21,25)/t17-,18+,20-/m1/s1. The van der Waals surface area contributed by atoms with Gasteiger partial charge in [0.2, 0.25) is 0 Å². The Morgan fingerprint density at radius 2 is 1.58 bits per heavy atom. The third-order valence-corrected chi connectivity index (χ3v) is 7.89. The van der Waals surface area contributed by atoms with Crippen LogP contribution in [0.2, 0.25) is 0 Å². The van der Waals surface area contributed by atoms with Crippen LogP contribution in [0.3, 0.4) is 0 Å². The van der Waals surface area contributed by atoms with Crippen molar-refractivity contribution >= 4 is 27.0 Å². The first-order chi connectivity index (χ1) is 12.2. The number of hydrogen-bond acceptors (Lipinski definition) is 4. The minimum atomic E-state index is -3.61. The zero-order valence-corrected chi connectivity index (χ0v) is 16.7. The number of ether oxygens (including phenoxy) is 1. The Morgan fingerprint density at radius 1 is 1.08 bits per heavy atom. The van der Waals surface area contributed by atoms with E-state index >= 15 is 0 Å². The summed E-state index contributed by atoms with van der Waals surface area (Å²) in [7, 11) is -2.07. The number of methoxy groups -OCH3 is 1. The van der Waals surface area contributed by atoms with Gasteiger partial charge < -0.3 is 10.5 Å². The molecule has 6 heteroatoms. The van der Waals surface area contributed by atoms with Crippen LogP contribution < -0.4 is 5.73 Å². The summed E-state index contributed by atoms with van der Waals surface area (Å²) < 4.78 is 32.1. The fourth-order valence-electron chi connectivity index (χ4n) is 3.76. The van der Waals surface area contributed by atoms with Gasteiger partial charge in [-0.25, -0.2) is 8.42 Å². The molecule has 0 heterocycles. The predicted molar refractivity (Wildman–Crippen MR) is 107 cm³/mol. The summed E-state index contributed by atoms with van der Waals surface area (Å²) in [6.45, 7) is 4.09. The van der Waals surface area contributed by atoms with Gasteiger partial charge in [-0.3, -0.25) is 0 Å². The van der Waals surface area contributed by atoms with E-state index in [9.17, 15) is 8.42 Å². The molecular formula is C20H23NO3S2. The second-order valence-electron chi connectivity index (χ2n) is 7.00. The number of nitrogens with two attached hydrogens (primary N) is 1. The SMILES string of the molecule is COC[C@@]1(C(N)=S)[C@H](c2ccc(C)cc2)[C@@H]1S(=O)(=O)c1ccc(C)cc1. The Kier molecular flexibility index (Phi) is 4.94. The van der Waals surface area contributed by atoms with E-state index in [4.69, 9.17) is 22.7 Å². The van der Waals surface area contributed by atoms with Gasteiger partial charge in [-0.15, -0.1) is 0 Å². The molecule has 3 rings (SSSR count). The van der Waals surface area contributed by atoms with E-state index < -0.39 is 20.5 Å². The number of sulfone groups is 1. The molecule has 2 N–H and O–H groups in total. The molecule has 0 amide bonds. The van der Waals surface area contributed by atoms with Gasteiger partial charge in [0.15, 0.2) is 9.84 Å². The molecule has 2 aromatic rings. The molecule has 0 radical (unpaired) electrons. The molecule has 26 heavy (non-hydrogen) atoms. The summed E-state index contributed by atoms with van der Waals surface area (Å²) in [5.41, 5.74) is 8.20. The lowest BCUT2D eigenvalue weighted by Crippen LogP contribution is -2.33. The van der Waals surface area contributed by atoms with Crippen molar-refractivity contribution in [2.45, 2.75) is 29.9 Å². The van der Waals surface area contributed by atoms with E-state index in [2.05, 4.69) is 0 Å². The molecule has 3 atom stereocenters. The van der Waals surface area contributed by atoms with Gasteiger partial charge in [-0.2, -0.15) is 0 Å². The van der Waals surface area contributed by atoms with Crippen LogP contribution in [-0.4, -0.2) is 32.4 Å². The van der Waals surface area contributed by atoms with E-state index in [1.807, 2.05) is 38.1 Å². The molecule has 0 bridgehead atoms. The second kappa shape index (κ2) is 6.76. The summed E-state index contributed by atoms with van der Waals surface area (Å²) in [6.07, 6.45) is 0. The molecular weight excluding hydrogens is 366 g/mol. The van der Waals surface area contributed by atoms with Gasteiger partial charge in [0.05, 0.1) is 27.2 Å². The highest BCUT2D eigenvalue weighted by molar-refractivity contribution is 7.92. The fourth-order valence-corrected chi connectivity index (χ4v) is 6.53. The molecule has 0 aliphatic heterocycles. The number of thiocarbonyl (C=S) groups is 1. The number of benzene rings is 2. The first kappa shape index (κ1) is 19.0.